The maximum absolute atomic E-state index is 9.12. The summed E-state index contributed by atoms with van der Waals surface area (Å²) in [6, 6.07) is 7.79. The minimum Gasteiger partial charge on any atom is -0.508 e. The van der Waals surface area contributed by atoms with Crippen molar-refractivity contribution in [3.05, 3.63) is 24.3 Å². The second-order valence-electron chi connectivity index (χ2n) is 3.59. The van der Waals surface area contributed by atoms with E-state index in [1.165, 1.54) is 12.8 Å². The van der Waals surface area contributed by atoms with Crippen molar-refractivity contribution in [3.63, 3.8) is 0 Å². The topological polar surface area (TPSA) is 32.3 Å². The predicted octanol–water partition coefficient (Wildman–Crippen LogP) is 3.38. The minimum absolute atomic E-state index is 0.319. The fourth-order valence-electron chi connectivity index (χ4n) is 1.52. The van der Waals surface area contributed by atoms with Crippen molar-refractivity contribution in [2.24, 2.45) is 0 Å². The average molecular weight is 193 g/mol. The lowest BCUT2D eigenvalue weighted by Crippen LogP contribution is -2.17. The maximum Gasteiger partial charge on any atom is 0.115 e. The summed E-state index contributed by atoms with van der Waals surface area (Å²) >= 11 is 0. The van der Waals surface area contributed by atoms with Crippen LogP contribution in [-0.2, 0) is 0 Å². The van der Waals surface area contributed by atoms with Crippen molar-refractivity contribution < 1.29 is 5.11 Å². The van der Waals surface area contributed by atoms with Gasteiger partial charge in [-0.1, -0.05) is 20.3 Å². The van der Waals surface area contributed by atoms with E-state index in [1.807, 2.05) is 12.1 Å². The monoisotopic (exact) mass is 193 g/mol. The molecule has 1 rings (SSSR count). The zero-order valence-electron chi connectivity index (χ0n) is 8.96. The molecule has 14 heavy (non-hydrogen) atoms. The molecule has 0 fully saturated rings. The van der Waals surface area contributed by atoms with Gasteiger partial charge in [-0.3, -0.25) is 0 Å². The fourth-order valence-corrected chi connectivity index (χ4v) is 1.52. The van der Waals surface area contributed by atoms with E-state index < -0.39 is 0 Å². The molecule has 0 aromatic heterocycles. The molecular formula is C12H19NO. The Kier molecular flexibility index (Phi) is 4.30. The van der Waals surface area contributed by atoms with Gasteiger partial charge in [0.15, 0.2) is 0 Å². The van der Waals surface area contributed by atoms with Crippen molar-refractivity contribution >= 4 is 5.69 Å². The highest BCUT2D eigenvalue weighted by atomic mass is 16.3. The number of hydrogen-bond donors (Lipinski definition) is 2. The summed E-state index contributed by atoms with van der Waals surface area (Å²) in [7, 11) is 0. The van der Waals surface area contributed by atoms with Crippen LogP contribution in [-0.4, -0.2) is 11.1 Å². The van der Waals surface area contributed by atoms with Gasteiger partial charge >= 0.3 is 0 Å². The van der Waals surface area contributed by atoms with E-state index in [2.05, 4.69) is 19.2 Å². The van der Waals surface area contributed by atoms with Gasteiger partial charge in [0.2, 0.25) is 0 Å². The highest BCUT2D eigenvalue weighted by molar-refractivity contribution is 5.46. The molecule has 1 aromatic carbocycles. The Bertz CT molecular complexity index is 256. The van der Waals surface area contributed by atoms with Crippen LogP contribution in [0.25, 0.3) is 0 Å². The van der Waals surface area contributed by atoms with Crippen LogP contribution in [0.1, 0.15) is 33.1 Å². The van der Waals surface area contributed by atoms with E-state index in [0.29, 0.717) is 11.8 Å². The van der Waals surface area contributed by atoms with Gasteiger partial charge in [-0.2, -0.15) is 0 Å². The van der Waals surface area contributed by atoms with Gasteiger partial charge in [0.05, 0.1) is 0 Å². The lowest BCUT2D eigenvalue weighted by molar-refractivity contribution is 0.475. The van der Waals surface area contributed by atoms with Crippen LogP contribution < -0.4 is 5.32 Å². The molecule has 1 unspecified atom stereocenters. The molecule has 0 aliphatic rings. The summed E-state index contributed by atoms with van der Waals surface area (Å²) in [4.78, 5) is 0. The Balaban J connectivity index is 2.53. The van der Waals surface area contributed by atoms with E-state index in [-0.39, 0.29) is 0 Å². The maximum atomic E-state index is 9.12. The quantitative estimate of drug-likeness (QED) is 0.702. The normalized spacial score (nSPS) is 12.4. The summed E-state index contributed by atoms with van der Waals surface area (Å²) in [6.45, 7) is 4.38. The first-order chi connectivity index (χ1) is 6.76. The van der Waals surface area contributed by atoms with Crippen LogP contribution in [0.3, 0.4) is 0 Å². The number of rotatable bonds is 5. The largest absolute Gasteiger partial charge is 0.508 e. The lowest BCUT2D eigenvalue weighted by atomic mass is 10.1. The van der Waals surface area contributed by atoms with E-state index in [1.54, 1.807) is 12.1 Å². The molecule has 78 valence electrons. The summed E-state index contributed by atoms with van der Waals surface area (Å²) in [6.07, 6.45) is 3.52. The van der Waals surface area contributed by atoms with Crippen molar-refractivity contribution in [2.45, 2.75) is 39.2 Å². The predicted molar refractivity (Wildman–Crippen MR) is 60.7 cm³/mol. The van der Waals surface area contributed by atoms with Crippen LogP contribution in [0, 0.1) is 0 Å². The van der Waals surface area contributed by atoms with Gasteiger partial charge in [-0.05, 0) is 37.1 Å². The molecule has 0 saturated carbocycles. The number of aromatic hydroxyl groups is 1. The third-order valence-corrected chi connectivity index (χ3v) is 2.37. The number of benzene rings is 1. The van der Waals surface area contributed by atoms with Crippen LogP contribution in [0.5, 0.6) is 5.75 Å². The molecule has 0 amide bonds. The number of phenols is 1. The highest BCUT2D eigenvalue weighted by Crippen LogP contribution is 2.16. The first-order valence-corrected chi connectivity index (χ1v) is 5.31. The van der Waals surface area contributed by atoms with Gasteiger partial charge in [0.1, 0.15) is 5.75 Å². The SMILES string of the molecule is CCCC(CC)Nc1ccc(O)cc1. The Labute approximate surface area is 86.0 Å². The van der Waals surface area contributed by atoms with E-state index in [0.717, 1.165) is 12.1 Å². The van der Waals surface area contributed by atoms with Gasteiger partial charge < -0.3 is 10.4 Å². The third kappa shape index (κ3) is 3.29. The smallest absolute Gasteiger partial charge is 0.115 e. The Morgan fingerprint density at radius 1 is 1.21 bits per heavy atom. The van der Waals surface area contributed by atoms with Crippen LogP contribution in [0.15, 0.2) is 24.3 Å². The summed E-state index contributed by atoms with van der Waals surface area (Å²) in [5.41, 5.74) is 1.09. The molecule has 0 bridgehead atoms. The number of phenolic OH excluding ortho intramolecular Hbond substituents is 1. The summed E-state index contributed by atoms with van der Waals surface area (Å²) in [5.74, 6) is 0.319. The standard InChI is InChI=1S/C12H19NO/c1-3-5-10(4-2)13-11-6-8-12(14)9-7-11/h6-10,13-14H,3-5H2,1-2H3. The highest BCUT2D eigenvalue weighted by Gasteiger charge is 2.03. The summed E-state index contributed by atoms with van der Waals surface area (Å²) in [5, 5.41) is 12.6. The van der Waals surface area contributed by atoms with Crippen molar-refractivity contribution in [1.29, 1.82) is 0 Å². The molecule has 0 heterocycles. The Hall–Kier alpha value is -1.18. The second kappa shape index (κ2) is 5.53. The molecular weight excluding hydrogens is 174 g/mol. The number of nitrogens with one attached hydrogen (secondary N) is 1. The van der Waals surface area contributed by atoms with Gasteiger partial charge in [-0.15, -0.1) is 0 Å². The van der Waals surface area contributed by atoms with Crippen molar-refractivity contribution in [1.82, 2.24) is 0 Å². The molecule has 2 heteroatoms. The Morgan fingerprint density at radius 2 is 1.86 bits per heavy atom. The first-order valence-electron chi connectivity index (χ1n) is 5.31. The average Bonchev–Trinajstić information content (AvgIpc) is 2.20. The van der Waals surface area contributed by atoms with Gasteiger partial charge in [-0.25, -0.2) is 0 Å². The number of hydrogen-bond acceptors (Lipinski definition) is 2. The molecule has 0 saturated heterocycles. The van der Waals surface area contributed by atoms with E-state index in [9.17, 15) is 0 Å². The first kappa shape index (κ1) is 10.9. The molecule has 2 nitrogen and oxygen atoms in total. The number of anilines is 1. The molecule has 1 aromatic rings. The molecule has 0 spiro atoms. The zero-order valence-corrected chi connectivity index (χ0v) is 8.96. The third-order valence-electron chi connectivity index (χ3n) is 2.37. The van der Waals surface area contributed by atoms with Gasteiger partial charge in [0, 0.05) is 11.7 Å². The van der Waals surface area contributed by atoms with Crippen LogP contribution >= 0.6 is 0 Å². The molecule has 0 aliphatic carbocycles. The van der Waals surface area contributed by atoms with Crippen LogP contribution in [0.4, 0.5) is 5.69 Å². The van der Waals surface area contributed by atoms with Crippen molar-refractivity contribution in [2.75, 3.05) is 5.32 Å². The van der Waals surface area contributed by atoms with Crippen molar-refractivity contribution in [3.8, 4) is 5.75 Å². The van der Waals surface area contributed by atoms with E-state index >= 15 is 0 Å². The summed E-state index contributed by atoms with van der Waals surface area (Å²) < 4.78 is 0. The van der Waals surface area contributed by atoms with Gasteiger partial charge in [0.25, 0.3) is 0 Å². The second-order valence-corrected chi connectivity index (χ2v) is 3.59. The zero-order chi connectivity index (χ0) is 10.4. The minimum atomic E-state index is 0.319. The fraction of sp³-hybridized carbons (Fsp3) is 0.500. The molecule has 1 atom stereocenters. The molecule has 0 radical (unpaired) electrons. The molecule has 2 N–H and O–H groups in total. The Morgan fingerprint density at radius 3 is 2.36 bits per heavy atom. The molecule has 0 aliphatic heterocycles. The lowest BCUT2D eigenvalue weighted by Gasteiger charge is -2.17. The van der Waals surface area contributed by atoms with E-state index in [4.69, 9.17) is 5.11 Å². The van der Waals surface area contributed by atoms with Crippen LogP contribution in [0.2, 0.25) is 0 Å².